The van der Waals surface area contributed by atoms with Crippen LogP contribution in [0.25, 0.3) is 0 Å². The van der Waals surface area contributed by atoms with Gasteiger partial charge in [0.25, 0.3) is 0 Å². The number of nitrogens with one attached hydrogen (secondary N) is 4. The molecular formula is C27H46N6O7. The van der Waals surface area contributed by atoms with E-state index < -0.39 is 48.0 Å². The minimum atomic E-state index is -1.20. The summed E-state index contributed by atoms with van der Waals surface area (Å²) in [6.45, 7) is 4.50. The fraction of sp³-hybridized carbons (Fsp3) is 0.667. The van der Waals surface area contributed by atoms with Crippen molar-refractivity contribution in [2.75, 3.05) is 19.7 Å². The SMILES string of the molecule is CC[C@@H](C)[C@H](NC(=O)[C@@H](CCCCNC(=O)OCC1=CCCC=C1)NC(=O)N[C@@H](CCCCN)C(=O)O)C(N)=O. The lowest BCUT2D eigenvalue weighted by molar-refractivity contribution is -0.139. The van der Waals surface area contributed by atoms with Crippen LogP contribution in [0.1, 0.15) is 71.6 Å². The van der Waals surface area contributed by atoms with Crippen LogP contribution in [0, 0.1) is 5.92 Å². The molecule has 13 heteroatoms. The average molecular weight is 567 g/mol. The third-order valence-corrected chi connectivity index (χ3v) is 6.62. The van der Waals surface area contributed by atoms with Crippen molar-refractivity contribution in [2.45, 2.75) is 89.8 Å². The number of nitrogens with two attached hydrogens (primary N) is 2. The molecule has 226 valence electrons. The van der Waals surface area contributed by atoms with Crippen LogP contribution in [0.15, 0.2) is 23.8 Å². The van der Waals surface area contributed by atoms with E-state index in [9.17, 15) is 29.1 Å². The number of hydrogen-bond donors (Lipinski definition) is 7. The number of unbranched alkanes of at least 4 members (excludes halogenated alkanes) is 2. The molecule has 5 amide bonds. The molecule has 1 aliphatic carbocycles. The molecule has 0 aliphatic heterocycles. The average Bonchev–Trinajstić information content (AvgIpc) is 2.93. The summed E-state index contributed by atoms with van der Waals surface area (Å²) in [7, 11) is 0. The molecule has 40 heavy (non-hydrogen) atoms. The molecule has 4 atom stereocenters. The lowest BCUT2D eigenvalue weighted by Crippen LogP contribution is -2.57. The second kappa shape index (κ2) is 19.4. The van der Waals surface area contributed by atoms with Gasteiger partial charge in [0, 0.05) is 6.54 Å². The van der Waals surface area contributed by atoms with Crippen molar-refractivity contribution in [3.05, 3.63) is 23.8 Å². The maximum absolute atomic E-state index is 13.1. The number of alkyl carbamates (subject to hydrolysis) is 1. The van der Waals surface area contributed by atoms with Crippen LogP contribution in [-0.4, -0.2) is 72.8 Å². The molecule has 0 saturated heterocycles. The number of aliphatic carboxylic acids is 1. The Morgan fingerprint density at radius 1 is 1.00 bits per heavy atom. The Balaban J connectivity index is 2.69. The van der Waals surface area contributed by atoms with E-state index in [-0.39, 0.29) is 31.9 Å². The molecule has 1 aliphatic rings. The van der Waals surface area contributed by atoms with Crippen LogP contribution in [0.3, 0.4) is 0 Å². The Morgan fingerprint density at radius 3 is 2.27 bits per heavy atom. The number of primary amides is 1. The standard InChI is InChI=1S/C27H46N6O7/c1-3-18(2)22(23(29)34)33-24(35)20(31-26(38)32-21(25(36)37)14-7-9-15-28)13-8-10-16-30-27(39)40-17-19-11-5-4-6-12-19/h5,11-12,18,20-22H,3-4,6-10,13-17,28H2,1-2H3,(H2,29,34)(H,30,39)(H,33,35)(H,36,37)(H2,31,32,38)/t18-,20-,21+,22+/m1/s1. The second-order valence-electron chi connectivity index (χ2n) is 9.88. The Morgan fingerprint density at radius 2 is 1.68 bits per heavy atom. The maximum atomic E-state index is 13.1. The molecule has 0 heterocycles. The number of amides is 5. The summed E-state index contributed by atoms with van der Waals surface area (Å²) in [6, 6.07) is -3.98. The van der Waals surface area contributed by atoms with E-state index in [4.69, 9.17) is 16.2 Å². The van der Waals surface area contributed by atoms with Gasteiger partial charge in [-0.15, -0.1) is 0 Å². The van der Waals surface area contributed by atoms with Crippen LogP contribution < -0.4 is 32.7 Å². The van der Waals surface area contributed by atoms with Gasteiger partial charge in [0.2, 0.25) is 11.8 Å². The molecule has 0 bridgehead atoms. The third kappa shape index (κ3) is 14.0. The van der Waals surface area contributed by atoms with Gasteiger partial charge in [-0.2, -0.15) is 0 Å². The third-order valence-electron chi connectivity index (χ3n) is 6.62. The minimum Gasteiger partial charge on any atom is -0.480 e. The van der Waals surface area contributed by atoms with Crippen LogP contribution in [0.5, 0.6) is 0 Å². The zero-order chi connectivity index (χ0) is 29.9. The van der Waals surface area contributed by atoms with E-state index >= 15 is 0 Å². The normalized spacial score (nSPS) is 15.5. The van der Waals surface area contributed by atoms with Crippen molar-refractivity contribution in [1.82, 2.24) is 21.3 Å². The molecule has 0 unspecified atom stereocenters. The Kier molecular flexibility index (Phi) is 16.7. The van der Waals surface area contributed by atoms with Crippen molar-refractivity contribution >= 4 is 29.9 Å². The predicted octanol–water partition coefficient (Wildman–Crippen LogP) is 1.43. The summed E-state index contributed by atoms with van der Waals surface area (Å²) < 4.78 is 5.19. The van der Waals surface area contributed by atoms with Crippen molar-refractivity contribution in [3.8, 4) is 0 Å². The van der Waals surface area contributed by atoms with Crippen LogP contribution >= 0.6 is 0 Å². The van der Waals surface area contributed by atoms with E-state index in [1.165, 1.54) is 0 Å². The lowest BCUT2D eigenvalue weighted by atomic mass is 9.98. The van der Waals surface area contributed by atoms with Crippen molar-refractivity contribution in [2.24, 2.45) is 17.4 Å². The number of carbonyl (C=O) groups is 5. The molecule has 13 nitrogen and oxygen atoms in total. The van der Waals surface area contributed by atoms with E-state index in [0.717, 1.165) is 18.4 Å². The minimum absolute atomic E-state index is 0.171. The van der Waals surface area contributed by atoms with Crippen LogP contribution in [-0.2, 0) is 19.1 Å². The van der Waals surface area contributed by atoms with E-state index in [1.807, 2.05) is 25.2 Å². The maximum Gasteiger partial charge on any atom is 0.407 e. The van der Waals surface area contributed by atoms with Crippen molar-refractivity contribution in [1.29, 1.82) is 0 Å². The topological polar surface area (TPSA) is 215 Å². The van der Waals surface area contributed by atoms with Gasteiger partial charge in [-0.25, -0.2) is 14.4 Å². The van der Waals surface area contributed by atoms with Gasteiger partial charge in [-0.05, 0) is 69.4 Å². The first-order valence-electron chi connectivity index (χ1n) is 13.9. The van der Waals surface area contributed by atoms with E-state index in [0.29, 0.717) is 38.6 Å². The van der Waals surface area contributed by atoms with Gasteiger partial charge in [-0.3, -0.25) is 9.59 Å². The van der Waals surface area contributed by atoms with Gasteiger partial charge in [0.05, 0.1) is 0 Å². The van der Waals surface area contributed by atoms with E-state index in [1.54, 1.807) is 6.92 Å². The van der Waals surface area contributed by atoms with Gasteiger partial charge in [0.15, 0.2) is 0 Å². The molecule has 0 aromatic carbocycles. The number of carbonyl (C=O) groups excluding carboxylic acids is 4. The summed E-state index contributed by atoms with van der Waals surface area (Å²) in [5, 5.41) is 19.6. The number of carboxylic acid groups (broad SMARTS) is 1. The highest BCUT2D eigenvalue weighted by Gasteiger charge is 2.29. The summed E-state index contributed by atoms with van der Waals surface area (Å²) >= 11 is 0. The Labute approximate surface area is 235 Å². The summed E-state index contributed by atoms with van der Waals surface area (Å²) in [4.78, 5) is 61.1. The molecule has 0 saturated carbocycles. The van der Waals surface area contributed by atoms with Gasteiger partial charge < -0.3 is 42.6 Å². The van der Waals surface area contributed by atoms with Gasteiger partial charge in [0.1, 0.15) is 24.7 Å². The first-order valence-corrected chi connectivity index (χ1v) is 13.9. The highest BCUT2D eigenvalue weighted by molar-refractivity contribution is 5.92. The van der Waals surface area contributed by atoms with E-state index in [2.05, 4.69) is 21.3 Å². The number of rotatable bonds is 19. The molecular weight excluding hydrogens is 520 g/mol. The number of allylic oxidation sites excluding steroid dienone is 2. The van der Waals surface area contributed by atoms with Crippen molar-refractivity contribution in [3.63, 3.8) is 0 Å². The zero-order valence-electron chi connectivity index (χ0n) is 23.6. The predicted molar refractivity (Wildman–Crippen MR) is 150 cm³/mol. The van der Waals surface area contributed by atoms with Crippen LogP contribution in [0.4, 0.5) is 9.59 Å². The molecule has 9 N–H and O–H groups in total. The first-order chi connectivity index (χ1) is 19.1. The molecule has 1 rings (SSSR count). The van der Waals surface area contributed by atoms with Gasteiger partial charge in [-0.1, -0.05) is 38.5 Å². The number of hydrogen-bond acceptors (Lipinski definition) is 7. The number of ether oxygens (including phenoxy) is 1. The van der Waals surface area contributed by atoms with Gasteiger partial charge >= 0.3 is 18.1 Å². The molecule has 0 aromatic rings. The zero-order valence-corrected chi connectivity index (χ0v) is 23.6. The number of carboxylic acids is 1. The fourth-order valence-corrected chi connectivity index (χ4v) is 4.00. The Hall–Kier alpha value is -3.61. The number of urea groups is 1. The monoisotopic (exact) mass is 566 g/mol. The summed E-state index contributed by atoms with van der Waals surface area (Å²) in [5.41, 5.74) is 11.9. The summed E-state index contributed by atoms with van der Waals surface area (Å²) in [6.07, 6.45) is 10.3. The highest BCUT2D eigenvalue weighted by Crippen LogP contribution is 2.11. The molecule has 0 fully saturated rings. The molecule has 0 spiro atoms. The second-order valence-corrected chi connectivity index (χ2v) is 9.88. The Bertz CT molecular complexity index is 908. The molecule has 0 radical (unpaired) electrons. The summed E-state index contributed by atoms with van der Waals surface area (Å²) in [5.74, 6) is -2.74. The fourth-order valence-electron chi connectivity index (χ4n) is 4.00. The molecule has 0 aromatic heterocycles. The largest absolute Gasteiger partial charge is 0.480 e. The highest BCUT2D eigenvalue weighted by atomic mass is 16.5. The first kappa shape index (κ1) is 34.4. The quantitative estimate of drug-likeness (QED) is 0.113. The lowest BCUT2D eigenvalue weighted by Gasteiger charge is -2.25. The smallest absolute Gasteiger partial charge is 0.407 e. The van der Waals surface area contributed by atoms with Crippen molar-refractivity contribution < 1.29 is 33.8 Å². The van der Waals surface area contributed by atoms with Crippen LogP contribution in [0.2, 0.25) is 0 Å².